The molecule has 5 heteroatoms. The predicted octanol–water partition coefficient (Wildman–Crippen LogP) is 6.55. The van der Waals surface area contributed by atoms with E-state index in [0.717, 1.165) is 31.7 Å². The highest BCUT2D eigenvalue weighted by molar-refractivity contribution is 14.1. The van der Waals surface area contributed by atoms with Gasteiger partial charge in [-0.15, -0.1) is 0 Å². The highest BCUT2D eigenvalue weighted by Crippen LogP contribution is 2.31. The van der Waals surface area contributed by atoms with Crippen LogP contribution in [-0.4, -0.2) is 42.1 Å². The van der Waals surface area contributed by atoms with Gasteiger partial charge >= 0.3 is 0 Å². The van der Waals surface area contributed by atoms with E-state index in [1.807, 2.05) is 6.20 Å². The monoisotopic (exact) mass is 548 g/mol. The summed E-state index contributed by atoms with van der Waals surface area (Å²) in [5.74, 6) is 0. The molecule has 1 fully saturated rings. The second-order valence-electron chi connectivity index (χ2n) is 8.56. The van der Waals surface area contributed by atoms with Crippen molar-refractivity contribution in [2.45, 2.75) is 18.9 Å². The quantitative estimate of drug-likeness (QED) is 0.266. The second-order valence-corrected chi connectivity index (χ2v) is 9.81. The summed E-state index contributed by atoms with van der Waals surface area (Å²) in [4.78, 5) is 9.63. The van der Waals surface area contributed by atoms with Crippen LogP contribution in [0.1, 0.15) is 12.8 Å². The Morgan fingerprint density at radius 2 is 1.55 bits per heavy atom. The van der Waals surface area contributed by atoms with Crippen molar-refractivity contribution in [2.24, 2.45) is 0 Å². The molecule has 0 atom stereocenters. The maximum atomic E-state index is 4.52. The fraction of sp³-hybridized carbons (Fsp3) is 0.250. The Balaban J connectivity index is 1.20. The Kier molecular flexibility index (Phi) is 7.07. The van der Waals surface area contributed by atoms with Crippen molar-refractivity contribution in [3.05, 3.63) is 94.7 Å². The largest absolute Gasteiger partial charge is 0.383 e. The smallest absolute Gasteiger partial charge is 0.0733 e. The molecular formula is C28H29IN4. The van der Waals surface area contributed by atoms with Crippen LogP contribution in [0.25, 0.3) is 10.9 Å². The third kappa shape index (κ3) is 5.31. The minimum Gasteiger partial charge on any atom is -0.383 e. The fourth-order valence-electron chi connectivity index (χ4n) is 4.77. The van der Waals surface area contributed by atoms with E-state index in [0.29, 0.717) is 6.04 Å². The molecule has 3 aromatic carbocycles. The number of likely N-dealkylation sites (tertiary alicyclic amines) is 1. The first-order valence-corrected chi connectivity index (χ1v) is 12.8. The van der Waals surface area contributed by atoms with Crippen molar-refractivity contribution < 1.29 is 0 Å². The zero-order chi connectivity index (χ0) is 22.5. The van der Waals surface area contributed by atoms with Crippen LogP contribution in [0.4, 0.5) is 17.1 Å². The Morgan fingerprint density at radius 3 is 2.21 bits per heavy atom. The lowest BCUT2D eigenvalue weighted by atomic mass is 10.0. The van der Waals surface area contributed by atoms with Gasteiger partial charge in [0.1, 0.15) is 0 Å². The SMILES string of the molecule is Ic1ccc2c(NCCN3CCC(N(c4ccccc4)c4ccccc4)CC3)ccnc2c1. The molecule has 0 amide bonds. The number of nitrogens with one attached hydrogen (secondary N) is 1. The maximum Gasteiger partial charge on any atom is 0.0733 e. The first-order valence-electron chi connectivity index (χ1n) is 11.7. The number of halogens is 1. The third-order valence-corrected chi connectivity index (χ3v) is 7.11. The Hall–Kier alpha value is -2.64. The van der Waals surface area contributed by atoms with Crippen molar-refractivity contribution in [3.63, 3.8) is 0 Å². The molecule has 0 saturated carbocycles. The Labute approximate surface area is 209 Å². The van der Waals surface area contributed by atoms with Crippen molar-refractivity contribution in [3.8, 4) is 0 Å². The number of rotatable bonds is 7. The third-order valence-electron chi connectivity index (χ3n) is 6.44. The molecule has 4 nitrogen and oxygen atoms in total. The number of fused-ring (bicyclic) bond motifs is 1. The molecular weight excluding hydrogens is 519 g/mol. The number of nitrogens with zero attached hydrogens (tertiary/aromatic N) is 3. The van der Waals surface area contributed by atoms with Crippen molar-refractivity contribution >= 4 is 50.6 Å². The number of anilines is 3. The highest BCUT2D eigenvalue weighted by Gasteiger charge is 2.25. The summed E-state index contributed by atoms with van der Waals surface area (Å²) in [6.45, 7) is 4.24. The molecule has 0 bridgehead atoms. The first kappa shape index (κ1) is 22.2. The van der Waals surface area contributed by atoms with Crippen LogP contribution in [0.15, 0.2) is 91.1 Å². The molecule has 0 radical (unpaired) electrons. The zero-order valence-electron chi connectivity index (χ0n) is 18.7. The van der Waals surface area contributed by atoms with Crippen molar-refractivity contribution in [1.29, 1.82) is 0 Å². The molecule has 0 spiro atoms. The van der Waals surface area contributed by atoms with Crippen LogP contribution in [-0.2, 0) is 0 Å². The van der Waals surface area contributed by atoms with Gasteiger partial charge in [0.2, 0.25) is 0 Å². The van der Waals surface area contributed by atoms with Gasteiger partial charge in [-0.05, 0) is 84.0 Å². The normalized spacial score (nSPS) is 14.9. The molecule has 1 saturated heterocycles. The number of pyridine rings is 1. The number of piperidine rings is 1. The molecule has 1 aliphatic rings. The molecule has 4 aromatic rings. The van der Waals surface area contributed by atoms with Gasteiger partial charge in [0.25, 0.3) is 0 Å². The summed E-state index contributed by atoms with van der Waals surface area (Å²) in [6.07, 6.45) is 4.23. The van der Waals surface area contributed by atoms with E-state index in [-0.39, 0.29) is 0 Å². The summed E-state index contributed by atoms with van der Waals surface area (Å²) in [5, 5.41) is 4.84. The number of hydrogen-bond donors (Lipinski definition) is 1. The van der Waals surface area contributed by atoms with Gasteiger partial charge < -0.3 is 15.1 Å². The molecule has 5 rings (SSSR count). The van der Waals surface area contributed by atoms with Crippen LogP contribution >= 0.6 is 22.6 Å². The van der Waals surface area contributed by atoms with Gasteiger partial charge in [0.05, 0.1) is 5.52 Å². The van der Waals surface area contributed by atoms with Crippen LogP contribution in [0, 0.1) is 3.57 Å². The van der Waals surface area contributed by atoms with E-state index in [4.69, 9.17) is 0 Å². The fourth-order valence-corrected chi connectivity index (χ4v) is 5.25. The summed E-state index contributed by atoms with van der Waals surface area (Å²) in [7, 11) is 0. The summed E-state index contributed by atoms with van der Waals surface area (Å²) >= 11 is 2.34. The molecule has 0 unspecified atom stereocenters. The van der Waals surface area contributed by atoms with E-state index in [2.05, 4.69) is 128 Å². The molecule has 0 aliphatic carbocycles. The summed E-state index contributed by atoms with van der Waals surface area (Å²) in [5.41, 5.74) is 4.78. The van der Waals surface area contributed by atoms with Gasteiger partial charge in [-0.3, -0.25) is 4.98 Å². The molecule has 1 N–H and O–H groups in total. The standard InChI is InChI=1S/C28H29IN4/c29-22-11-12-26-27(13-16-30-28(26)21-22)31-17-20-32-18-14-25(15-19-32)33(23-7-3-1-4-8-23)24-9-5-2-6-10-24/h1-13,16,21,25H,14-15,17-20H2,(H,30,31). The molecule has 1 aromatic heterocycles. The second kappa shape index (κ2) is 10.5. The van der Waals surface area contributed by atoms with Gasteiger partial charge in [-0.2, -0.15) is 0 Å². The number of benzene rings is 3. The van der Waals surface area contributed by atoms with Crippen LogP contribution in [0.3, 0.4) is 0 Å². The predicted molar refractivity (Wildman–Crippen MR) is 147 cm³/mol. The van der Waals surface area contributed by atoms with Gasteiger partial charge in [-0.25, -0.2) is 0 Å². The highest BCUT2D eigenvalue weighted by atomic mass is 127. The lowest BCUT2D eigenvalue weighted by Crippen LogP contribution is -2.44. The van der Waals surface area contributed by atoms with E-state index < -0.39 is 0 Å². The topological polar surface area (TPSA) is 31.4 Å². The minimum atomic E-state index is 0.519. The van der Waals surface area contributed by atoms with Crippen LogP contribution in [0.5, 0.6) is 0 Å². The van der Waals surface area contributed by atoms with Gasteiger partial charge in [0, 0.05) is 64.4 Å². The average molecular weight is 548 g/mol. The Bertz CT molecular complexity index is 1130. The molecule has 33 heavy (non-hydrogen) atoms. The Morgan fingerprint density at radius 1 is 0.879 bits per heavy atom. The molecule has 168 valence electrons. The summed E-state index contributed by atoms with van der Waals surface area (Å²) < 4.78 is 1.22. The van der Waals surface area contributed by atoms with Gasteiger partial charge in [0.15, 0.2) is 0 Å². The van der Waals surface area contributed by atoms with Crippen LogP contribution < -0.4 is 10.2 Å². The van der Waals surface area contributed by atoms with E-state index in [9.17, 15) is 0 Å². The lowest BCUT2D eigenvalue weighted by molar-refractivity contribution is 0.220. The minimum absolute atomic E-state index is 0.519. The van der Waals surface area contributed by atoms with Crippen molar-refractivity contribution in [1.82, 2.24) is 9.88 Å². The van der Waals surface area contributed by atoms with Crippen molar-refractivity contribution in [2.75, 3.05) is 36.4 Å². The first-order chi connectivity index (χ1) is 16.3. The van der Waals surface area contributed by atoms with Crippen LogP contribution in [0.2, 0.25) is 0 Å². The summed E-state index contributed by atoms with van der Waals surface area (Å²) in [6, 6.07) is 30.7. The van der Waals surface area contributed by atoms with E-state index in [1.54, 1.807) is 0 Å². The zero-order valence-corrected chi connectivity index (χ0v) is 20.9. The number of aromatic nitrogens is 1. The average Bonchev–Trinajstić information content (AvgIpc) is 2.86. The number of para-hydroxylation sites is 2. The maximum absolute atomic E-state index is 4.52. The lowest BCUT2D eigenvalue weighted by Gasteiger charge is -2.40. The van der Waals surface area contributed by atoms with E-state index in [1.165, 1.54) is 38.9 Å². The molecule has 2 heterocycles. The molecule has 1 aliphatic heterocycles. The van der Waals surface area contributed by atoms with Gasteiger partial charge in [-0.1, -0.05) is 36.4 Å². The number of hydrogen-bond acceptors (Lipinski definition) is 4. The van der Waals surface area contributed by atoms with E-state index >= 15 is 0 Å².